The molecule has 2 N–H and O–H groups in total. The molecule has 0 aromatic carbocycles. The van der Waals surface area contributed by atoms with Gasteiger partial charge < -0.3 is 14.5 Å². The van der Waals surface area contributed by atoms with Crippen molar-refractivity contribution in [3.05, 3.63) is 18.6 Å². The van der Waals surface area contributed by atoms with E-state index in [-0.39, 0.29) is 18.0 Å². The van der Waals surface area contributed by atoms with Crippen LogP contribution in [-0.4, -0.2) is 80.8 Å². The van der Waals surface area contributed by atoms with E-state index in [0.717, 1.165) is 0 Å². The number of carbonyl (C=O) groups excluding carboxylic acids is 1. The summed E-state index contributed by atoms with van der Waals surface area (Å²) in [5, 5.41) is 11.2. The van der Waals surface area contributed by atoms with E-state index < -0.39 is 0 Å². The van der Waals surface area contributed by atoms with Crippen molar-refractivity contribution in [1.82, 2.24) is 45.9 Å². The number of nitrogens with one attached hydrogen (secondary N) is 2. The first-order valence-corrected chi connectivity index (χ1v) is 8.38. The predicted molar refractivity (Wildman–Crippen MR) is 88.9 cm³/mol. The molecule has 2 fully saturated rings. The average Bonchev–Trinajstić information content (AvgIpc) is 3.39. The van der Waals surface area contributed by atoms with Crippen molar-refractivity contribution in [2.45, 2.75) is 6.17 Å². The van der Waals surface area contributed by atoms with Crippen molar-refractivity contribution >= 4 is 11.9 Å². The van der Waals surface area contributed by atoms with Gasteiger partial charge in [-0.2, -0.15) is 4.98 Å². The maximum Gasteiger partial charge on any atom is 0.230 e. The molecule has 12 nitrogen and oxygen atoms in total. The van der Waals surface area contributed by atoms with Crippen molar-refractivity contribution < 1.29 is 9.53 Å². The van der Waals surface area contributed by atoms with Gasteiger partial charge in [0.05, 0.1) is 13.0 Å². The zero-order valence-corrected chi connectivity index (χ0v) is 14.3. The molecule has 1 amide bonds. The van der Waals surface area contributed by atoms with E-state index in [2.05, 4.69) is 41.2 Å². The van der Waals surface area contributed by atoms with Crippen LogP contribution < -0.4 is 20.5 Å². The number of rotatable bonds is 4. The molecule has 2 aliphatic heterocycles. The zero-order valence-electron chi connectivity index (χ0n) is 14.3. The zero-order chi connectivity index (χ0) is 17.9. The fraction of sp³-hybridized carbons (Fsp3) is 0.571. The van der Waals surface area contributed by atoms with Gasteiger partial charge in [-0.3, -0.25) is 10.2 Å². The third kappa shape index (κ3) is 3.15. The van der Waals surface area contributed by atoms with Crippen LogP contribution in [0.1, 0.15) is 6.17 Å². The second kappa shape index (κ2) is 7.17. The summed E-state index contributed by atoms with van der Waals surface area (Å²) in [6.45, 7) is 3.09. The van der Waals surface area contributed by atoms with Crippen LogP contribution in [0.4, 0.5) is 5.95 Å². The van der Waals surface area contributed by atoms with E-state index in [0.29, 0.717) is 44.6 Å². The van der Waals surface area contributed by atoms with Gasteiger partial charge in [0.1, 0.15) is 12.5 Å². The van der Waals surface area contributed by atoms with Crippen LogP contribution in [0.25, 0.3) is 0 Å². The quantitative estimate of drug-likeness (QED) is 0.635. The van der Waals surface area contributed by atoms with Crippen molar-refractivity contribution in [3.63, 3.8) is 0 Å². The summed E-state index contributed by atoms with van der Waals surface area (Å²) in [5.41, 5.74) is 6.07. The highest BCUT2D eigenvalue weighted by molar-refractivity contribution is 5.80. The number of hydrogen-bond donors (Lipinski definition) is 2. The van der Waals surface area contributed by atoms with Gasteiger partial charge in [-0.15, -0.1) is 5.10 Å². The number of carbonyl (C=O) groups is 1. The van der Waals surface area contributed by atoms with Gasteiger partial charge in [0, 0.05) is 45.0 Å². The van der Waals surface area contributed by atoms with Crippen LogP contribution >= 0.6 is 0 Å². The normalized spacial score (nSPS) is 23.3. The molecule has 12 heteroatoms. The van der Waals surface area contributed by atoms with Gasteiger partial charge in [0.15, 0.2) is 0 Å². The molecule has 4 rings (SSSR count). The van der Waals surface area contributed by atoms with Crippen LogP contribution in [0.3, 0.4) is 0 Å². The van der Waals surface area contributed by atoms with Crippen molar-refractivity contribution in [2.75, 3.05) is 44.7 Å². The molecule has 2 aromatic rings. The monoisotopic (exact) mass is 360 g/mol. The first-order chi connectivity index (χ1) is 12.8. The predicted octanol–water partition coefficient (Wildman–Crippen LogP) is -1.96. The number of hydrogen-bond acceptors (Lipinski definition) is 10. The molecule has 26 heavy (non-hydrogen) atoms. The lowest BCUT2D eigenvalue weighted by Crippen LogP contribution is -2.52. The SMILES string of the molecule is COc1ccnc(N2CCN(C(=O)C3CNNC3n3cnnn3)CC2)n1. The minimum absolute atomic E-state index is 0.0780. The molecule has 2 unspecified atom stereocenters. The van der Waals surface area contributed by atoms with Gasteiger partial charge in [-0.25, -0.2) is 15.1 Å². The van der Waals surface area contributed by atoms with Crippen molar-refractivity contribution in [3.8, 4) is 5.88 Å². The van der Waals surface area contributed by atoms with E-state index in [1.165, 1.54) is 6.33 Å². The van der Waals surface area contributed by atoms with Crippen molar-refractivity contribution in [1.29, 1.82) is 0 Å². The second-order valence-corrected chi connectivity index (χ2v) is 6.08. The van der Waals surface area contributed by atoms with Gasteiger partial charge in [-0.05, 0) is 10.4 Å². The number of piperazine rings is 1. The molecule has 2 aromatic heterocycles. The fourth-order valence-corrected chi connectivity index (χ4v) is 3.21. The number of anilines is 1. The summed E-state index contributed by atoms with van der Waals surface area (Å²) in [5.74, 6) is 0.959. The van der Waals surface area contributed by atoms with Crippen LogP contribution in [0.15, 0.2) is 18.6 Å². The van der Waals surface area contributed by atoms with Crippen LogP contribution in [0.2, 0.25) is 0 Å². The largest absolute Gasteiger partial charge is 0.481 e. The third-order valence-electron chi connectivity index (χ3n) is 4.62. The summed E-state index contributed by atoms with van der Waals surface area (Å²) in [4.78, 5) is 25.5. The second-order valence-electron chi connectivity index (χ2n) is 6.08. The number of aromatic nitrogens is 6. The number of hydrazine groups is 1. The molecule has 2 saturated heterocycles. The topological polar surface area (TPSA) is 126 Å². The Morgan fingerprint density at radius 3 is 2.88 bits per heavy atom. The number of amides is 1. The Hall–Kier alpha value is -2.86. The molecule has 2 atom stereocenters. The van der Waals surface area contributed by atoms with Gasteiger partial charge in [0.2, 0.25) is 17.7 Å². The Morgan fingerprint density at radius 1 is 1.31 bits per heavy atom. The van der Waals surface area contributed by atoms with Crippen LogP contribution in [0, 0.1) is 5.92 Å². The number of ether oxygens (including phenoxy) is 1. The molecule has 0 aliphatic carbocycles. The molecule has 138 valence electrons. The van der Waals surface area contributed by atoms with E-state index in [9.17, 15) is 4.79 Å². The minimum atomic E-state index is -0.294. The summed E-state index contributed by atoms with van der Waals surface area (Å²) in [6.07, 6.45) is 2.88. The Morgan fingerprint density at radius 2 is 2.15 bits per heavy atom. The molecule has 0 bridgehead atoms. The summed E-state index contributed by atoms with van der Waals surface area (Å²) in [7, 11) is 1.58. The van der Waals surface area contributed by atoms with Gasteiger partial charge >= 0.3 is 0 Å². The van der Waals surface area contributed by atoms with E-state index in [1.807, 2.05) is 4.90 Å². The number of methoxy groups -OCH3 is 1. The highest BCUT2D eigenvalue weighted by atomic mass is 16.5. The Kier molecular flexibility index (Phi) is 4.58. The average molecular weight is 360 g/mol. The van der Waals surface area contributed by atoms with Gasteiger partial charge in [-0.1, -0.05) is 0 Å². The first kappa shape index (κ1) is 16.6. The summed E-state index contributed by atoms with van der Waals surface area (Å²) < 4.78 is 6.70. The van der Waals surface area contributed by atoms with Crippen LogP contribution in [-0.2, 0) is 4.79 Å². The molecule has 0 spiro atoms. The molecule has 0 radical (unpaired) electrons. The lowest BCUT2D eigenvalue weighted by Gasteiger charge is -2.36. The summed E-state index contributed by atoms with van der Waals surface area (Å²) in [6, 6.07) is 1.71. The lowest BCUT2D eigenvalue weighted by molar-refractivity contribution is -0.136. The Bertz CT molecular complexity index is 746. The minimum Gasteiger partial charge on any atom is -0.481 e. The molecule has 0 saturated carbocycles. The maximum atomic E-state index is 12.9. The standard InChI is InChI=1S/C14H20N10O2/c1-26-11-2-3-15-14(18-11)23-6-4-22(5-7-23)13(25)10-8-16-19-12(10)24-9-17-20-21-24/h2-3,9-10,12,16,19H,4-8H2,1H3. The van der Waals surface area contributed by atoms with E-state index in [4.69, 9.17) is 4.74 Å². The molecule has 4 heterocycles. The van der Waals surface area contributed by atoms with E-state index >= 15 is 0 Å². The first-order valence-electron chi connectivity index (χ1n) is 8.38. The number of tetrazole rings is 1. The Labute approximate surface area is 149 Å². The maximum absolute atomic E-state index is 12.9. The highest BCUT2D eigenvalue weighted by Crippen LogP contribution is 2.21. The molecular formula is C14H20N10O2. The van der Waals surface area contributed by atoms with E-state index in [1.54, 1.807) is 24.1 Å². The molecule has 2 aliphatic rings. The smallest absolute Gasteiger partial charge is 0.230 e. The fourth-order valence-electron chi connectivity index (χ4n) is 3.21. The third-order valence-corrected chi connectivity index (χ3v) is 4.62. The molecular weight excluding hydrogens is 340 g/mol. The van der Waals surface area contributed by atoms with Crippen LogP contribution in [0.5, 0.6) is 5.88 Å². The lowest BCUT2D eigenvalue weighted by atomic mass is 10.1. The number of nitrogens with zero attached hydrogens (tertiary/aromatic N) is 8. The summed E-state index contributed by atoms with van der Waals surface area (Å²) >= 11 is 0. The van der Waals surface area contributed by atoms with Gasteiger partial charge in [0.25, 0.3) is 0 Å². The highest BCUT2D eigenvalue weighted by Gasteiger charge is 2.38. The van der Waals surface area contributed by atoms with Crippen molar-refractivity contribution in [2.24, 2.45) is 5.92 Å². The Balaban J connectivity index is 1.39.